The number of ether oxygens (including phenoxy) is 1. The molecule has 17 heavy (non-hydrogen) atoms. The van der Waals surface area contributed by atoms with E-state index in [-0.39, 0.29) is 0 Å². The number of benzene rings is 1. The van der Waals surface area contributed by atoms with Crippen LogP contribution in [-0.2, 0) is 0 Å². The van der Waals surface area contributed by atoms with Crippen molar-refractivity contribution in [2.45, 2.75) is 6.10 Å². The first-order chi connectivity index (χ1) is 8.22. The van der Waals surface area contributed by atoms with E-state index in [1.165, 1.54) is 0 Å². The lowest BCUT2D eigenvalue weighted by Crippen LogP contribution is -2.00. The van der Waals surface area contributed by atoms with E-state index in [9.17, 15) is 5.11 Å². The minimum Gasteiger partial charge on any atom is -0.495 e. The predicted molar refractivity (Wildman–Crippen MR) is 66.3 cm³/mol. The molecule has 1 heterocycles. The van der Waals surface area contributed by atoms with Gasteiger partial charge in [-0.1, -0.05) is 23.7 Å². The Bertz CT molecular complexity index is 502. The van der Waals surface area contributed by atoms with Crippen molar-refractivity contribution >= 4 is 11.6 Å². The van der Waals surface area contributed by atoms with E-state index in [0.29, 0.717) is 16.3 Å². The molecule has 1 aromatic heterocycles. The third-order valence-corrected chi connectivity index (χ3v) is 2.79. The van der Waals surface area contributed by atoms with E-state index in [0.717, 1.165) is 5.56 Å². The van der Waals surface area contributed by atoms with Crippen LogP contribution >= 0.6 is 11.6 Å². The Morgan fingerprint density at radius 3 is 2.71 bits per heavy atom. The van der Waals surface area contributed by atoms with E-state index >= 15 is 0 Å². The highest BCUT2D eigenvalue weighted by molar-refractivity contribution is 6.32. The van der Waals surface area contributed by atoms with Crippen LogP contribution in [0.1, 0.15) is 17.2 Å². The lowest BCUT2D eigenvalue weighted by Gasteiger charge is -2.12. The molecule has 2 aromatic rings. The van der Waals surface area contributed by atoms with E-state index in [1.807, 2.05) is 6.07 Å². The van der Waals surface area contributed by atoms with Gasteiger partial charge < -0.3 is 9.84 Å². The van der Waals surface area contributed by atoms with Crippen LogP contribution in [0.25, 0.3) is 0 Å². The molecular formula is C13H12ClNO2. The summed E-state index contributed by atoms with van der Waals surface area (Å²) in [6.45, 7) is 0. The Kier molecular flexibility index (Phi) is 3.61. The highest BCUT2D eigenvalue weighted by Gasteiger charge is 2.12. The maximum absolute atomic E-state index is 10.1. The second-order valence-electron chi connectivity index (χ2n) is 3.58. The second kappa shape index (κ2) is 5.17. The van der Waals surface area contributed by atoms with Crippen LogP contribution in [0.15, 0.2) is 42.7 Å². The van der Waals surface area contributed by atoms with Gasteiger partial charge in [0.1, 0.15) is 11.9 Å². The number of methoxy groups -OCH3 is 1. The molecule has 0 aliphatic carbocycles. The number of aromatic nitrogens is 1. The number of aliphatic hydroxyl groups excluding tert-OH is 1. The van der Waals surface area contributed by atoms with E-state index in [4.69, 9.17) is 16.3 Å². The Morgan fingerprint density at radius 2 is 2.12 bits per heavy atom. The van der Waals surface area contributed by atoms with Gasteiger partial charge in [0.05, 0.1) is 12.1 Å². The van der Waals surface area contributed by atoms with Crippen molar-refractivity contribution in [1.29, 1.82) is 0 Å². The van der Waals surface area contributed by atoms with Crippen molar-refractivity contribution in [3.8, 4) is 5.75 Å². The Morgan fingerprint density at radius 1 is 1.29 bits per heavy atom. The molecule has 0 saturated carbocycles. The summed E-state index contributed by atoms with van der Waals surface area (Å²) in [5.41, 5.74) is 1.44. The van der Waals surface area contributed by atoms with Crippen LogP contribution in [0, 0.1) is 0 Å². The van der Waals surface area contributed by atoms with Gasteiger partial charge in [-0.3, -0.25) is 4.98 Å². The van der Waals surface area contributed by atoms with Crippen LogP contribution in [0.2, 0.25) is 5.02 Å². The fourth-order valence-corrected chi connectivity index (χ4v) is 1.85. The van der Waals surface area contributed by atoms with Crippen LogP contribution in [0.5, 0.6) is 5.75 Å². The molecule has 1 aromatic carbocycles. The molecule has 0 aliphatic heterocycles. The van der Waals surface area contributed by atoms with Gasteiger partial charge in [-0.15, -0.1) is 0 Å². The summed E-state index contributed by atoms with van der Waals surface area (Å²) in [4.78, 5) is 3.97. The SMILES string of the molecule is COc1ccc(C(O)c2cccnc2)cc1Cl. The van der Waals surface area contributed by atoms with Crippen molar-refractivity contribution < 1.29 is 9.84 Å². The molecule has 0 radical (unpaired) electrons. The fourth-order valence-electron chi connectivity index (χ4n) is 1.58. The van der Waals surface area contributed by atoms with Crippen molar-refractivity contribution in [3.63, 3.8) is 0 Å². The molecule has 0 spiro atoms. The fraction of sp³-hybridized carbons (Fsp3) is 0.154. The summed E-state index contributed by atoms with van der Waals surface area (Å²) in [5, 5.41) is 10.6. The van der Waals surface area contributed by atoms with E-state index < -0.39 is 6.10 Å². The first-order valence-electron chi connectivity index (χ1n) is 5.14. The highest BCUT2D eigenvalue weighted by atomic mass is 35.5. The summed E-state index contributed by atoms with van der Waals surface area (Å²) >= 11 is 6.01. The number of halogens is 1. The van der Waals surface area contributed by atoms with Crippen LogP contribution in [0.3, 0.4) is 0 Å². The lowest BCUT2D eigenvalue weighted by atomic mass is 10.0. The molecule has 1 atom stereocenters. The molecule has 4 heteroatoms. The average molecular weight is 250 g/mol. The first kappa shape index (κ1) is 11.9. The van der Waals surface area contributed by atoms with Gasteiger partial charge in [-0.05, 0) is 23.8 Å². The zero-order valence-corrected chi connectivity index (χ0v) is 10.1. The molecule has 3 nitrogen and oxygen atoms in total. The van der Waals surface area contributed by atoms with Crippen molar-refractivity contribution in [3.05, 3.63) is 58.9 Å². The third-order valence-electron chi connectivity index (χ3n) is 2.49. The quantitative estimate of drug-likeness (QED) is 0.910. The summed E-state index contributed by atoms with van der Waals surface area (Å²) in [7, 11) is 1.55. The molecule has 0 fully saturated rings. The van der Waals surface area contributed by atoms with Gasteiger partial charge in [-0.25, -0.2) is 0 Å². The molecule has 2 rings (SSSR count). The largest absolute Gasteiger partial charge is 0.495 e. The van der Waals surface area contributed by atoms with Gasteiger partial charge in [0.25, 0.3) is 0 Å². The minimum atomic E-state index is -0.730. The number of nitrogens with zero attached hydrogens (tertiary/aromatic N) is 1. The van der Waals surface area contributed by atoms with Gasteiger partial charge in [-0.2, -0.15) is 0 Å². The van der Waals surface area contributed by atoms with Crippen LogP contribution in [-0.4, -0.2) is 17.2 Å². The van der Waals surface area contributed by atoms with Gasteiger partial charge in [0.2, 0.25) is 0 Å². The molecule has 1 unspecified atom stereocenters. The Hall–Kier alpha value is -1.58. The highest BCUT2D eigenvalue weighted by Crippen LogP contribution is 2.29. The standard InChI is InChI=1S/C13H12ClNO2/c1-17-12-5-4-9(7-11(12)14)13(16)10-3-2-6-15-8-10/h2-8,13,16H,1H3. The van der Waals surface area contributed by atoms with Gasteiger partial charge in [0, 0.05) is 18.0 Å². The summed E-state index contributed by atoms with van der Waals surface area (Å²) in [6, 6.07) is 8.80. The molecule has 0 amide bonds. The van der Waals surface area contributed by atoms with E-state index in [2.05, 4.69) is 4.98 Å². The summed E-state index contributed by atoms with van der Waals surface area (Å²) < 4.78 is 5.06. The minimum absolute atomic E-state index is 0.480. The number of aliphatic hydroxyl groups is 1. The number of pyridine rings is 1. The number of hydrogen-bond donors (Lipinski definition) is 1. The average Bonchev–Trinajstić information content (AvgIpc) is 2.39. The molecule has 0 saturated heterocycles. The molecule has 0 bridgehead atoms. The third kappa shape index (κ3) is 2.57. The zero-order valence-electron chi connectivity index (χ0n) is 9.30. The number of rotatable bonds is 3. The molecule has 0 aliphatic rings. The van der Waals surface area contributed by atoms with Crippen molar-refractivity contribution in [2.75, 3.05) is 7.11 Å². The van der Waals surface area contributed by atoms with Crippen molar-refractivity contribution in [1.82, 2.24) is 4.98 Å². The first-order valence-corrected chi connectivity index (χ1v) is 5.51. The van der Waals surface area contributed by atoms with E-state index in [1.54, 1.807) is 43.8 Å². The topological polar surface area (TPSA) is 42.4 Å². The number of hydrogen-bond acceptors (Lipinski definition) is 3. The zero-order chi connectivity index (χ0) is 12.3. The molecule has 1 N–H and O–H groups in total. The Labute approximate surface area is 105 Å². The summed E-state index contributed by atoms with van der Waals surface area (Å²) in [5.74, 6) is 0.591. The second-order valence-corrected chi connectivity index (χ2v) is 3.99. The molecule has 88 valence electrons. The molecular weight excluding hydrogens is 238 g/mol. The lowest BCUT2D eigenvalue weighted by molar-refractivity contribution is 0.220. The van der Waals surface area contributed by atoms with Crippen LogP contribution < -0.4 is 4.74 Å². The Balaban J connectivity index is 2.32. The maximum atomic E-state index is 10.1. The van der Waals surface area contributed by atoms with Crippen LogP contribution in [0.4, 0.5) is 0 Å². The maximum Gasteiger partial charge on any atom is 0.137 e. The van der Waals surface area contributed by atoms with Gasteiger partial charge >= 0.3 is 0 Å². The smallest absolute Gasteiger partial charge is 0.137 e. The predicted octanol–water partition coefficient (Wildman–Crippen LogP) is 2.83. The van der Waals surface area contributed by atoms with Gasteiger partial charge in [0.15, 0.2) is 0 Å². The van der Waals surface area contributed by atoms with Crippen molar-refractivity contribution in [2.24, 2.45) is 0 Å². The monoisotopic (exact) mass is 249 g/mol. The summed E-state index contributed by atoms with van der Waals surface area (Å²) in [6.07, 6.45) is 2.56. The normalized spacial score (nSPS) is 12.2.